The highest BCUT2D eigenvalue weighted by Crippen LogP contribution is 2.39. The minimum atomic E-state index is -3.95. The van der Waals surface area contributed by atoms with Crippen LogP contribution in [0.3, 0.4) is 0 Å². The quantitative estimate of drug-likeness (QED) is 0.106. The second kappa shape index (κ2) is 17.3. The number of aryl methyl sites for hydroxylation is 1. The Morgan fingerprint density at radius 3 is 2.08 bits per heavy atom. The molecule has 1 saturated heterocycles. The maximum Gasteiger partial charge on any atom is 0.241 e. The molecule has 8 nitrogen and oxygen atoms in total. The predicted molar refractivity (Wildman–Crippen MR) is 199 cm³/mol. The Hall–Kier alpha value is -4.29. The average Bonchev–Trinajstić information content (AvgIpc) is 3.17. The molecule has 10 heteroatoms. The van der Waals surface area contributed by atoms with Crippen molar-refractivity contribution in [2.75, 3.05) is 5.75 Å². The first kappa shape index (κ1) is 36.5. The molecule has 6 rings (SSSR count). The summed E-state index contributed by atoms with van der Waals surface area (Å²) in [7, 11) is -3.95. The number of hydrogen-bond donors (Lipinski definition) is 3. The fraction of sp³-hybridized carbons (Fsp3) is 0.244. The molecule has 0 bridgehead atoms. The van der Waals surface area contributed by atoms with E-state index in [1.54, 1.807) is 23.9 Å². The number of benzene rings is 5. The summed E-state index contributed by atoms with van der Waals surface area (Å²) in [6.45, 7) is 2.08. The van der Waals surface area contributed by atoms with Gasteiger partial charge in [0, 0.05) is 29.2 Å². The topological polar surface area (TPSA) is 114 Å². The van der Waals surface area contributed by atoms with E-state index in [0.29, 0.717) is 6.42 Å². The number of amides is 1. The fourth-order valence-corrected chi connectivity index (χ4v) is 7.98. The lowest BCUT2D eigenvalue weighted by atomic mass is 10.0. The van der Waals surface area contributed by atoms with Gasteiger partial charge in [-0.3, -0.25) is 4.79 Å². The third-order valence-corrected chi connectivity index (χ3v) is 11.4. The van der Waals surface area contributed by atoms with Gasteiger partial charge in [0.15, 0.2) is 6.29 Å². The van der Waals surface area contributed by atoms with E-state index in [4.69, 9.17) is 9.47 Å². The minimum Gasteiger partial charge on any atom is -0.392 e. The van der Waals surface area contributed by atoms with E-state index in [9.17, 15) is 18.3 Å². The van der Waals surface area contributed by atoms with Crippen LogP contribution in [0.15, 0.2) is 143 Å². The van der Waals surface area contributed by atoms with Gasteiger partial charge >= 0.3 is 0 Å². The number of hydrogen-bond acceptors (Lipinski definition) is 7. The molecule has 1 amide bonds. The average molecular weight is 723 g/mol. The van der Waals surface area contributed by atoms with E-state index in [0.717, 1.165) is 39.1 Å². The molecule has 4 atom stereocenters. The van der Waals surface area contributed by atoms with Crippen molar-refractivity contribution in [3.05, 3.63) is 167 Å². The molecule has 0 unspecified atom stereocenters. The van der Waals surface area contributed by atoms with Crippen LogP contribution in [0.2, 0.25) is 0 Å². The number of carbonyl (C=O) groups excluding carboxylic acids is 1. The molecule has 0 radical (unpaired) electrons. The molecule has 1 heterocycles. The lowest BCUT2D eigenvalue weighted by molar-refractivity contribution is -0.245. The van der Waals surface area contributed by atoms with Crippen molar-refractivity contribution in [2.45, 2.75) is 67.2 Å². The summed E-state index contributed by atoms with van der Waals surface area (Å²) in [4.78, 5) is 14.8. The largest absolute Gasteiger partial charge is 0.392 e. The van der Waals surface area contributed by atoms with Crippen molar-refractivity contribution in [1.82, 2.24) is 10.0 Å². The van der Waals surface area contributed by atoms with Crippen molar-refractivity contribution in [3.8, 4) is 0 Å². The zero-order valence-electron chi connectivity index (χ0n) is 28.4. The van der Waals surface area contributed by atoms with E-state index in [2.05, 4.69) is 22.2 Å². The van der Waals surface area contributed by atoms with Gasteiger partial charge in [0.05, 0.1) is 23.7 Å². The zero-order chi connectivity index (χ0) is 35.6. The third-order valence-electron chi connectivity index (χ3n) is 8.74. The smallest absolute Gasteiger partial charge is 0.241 e. The second-order valence-electron chi connectivity index (χ2n) is 12.6. The standard InChI is InChI=1S/C41H42N2O6S2/c1-29-12-22-37(23-13-29)51(46,47)43-38(24-30-8-4-2-5-9-30)40(45)42-26-31-14-20-34(21-15-31)41-48-35(28-50-36-10-6-3-7-11-36)25-39(49-41)33-18-16-32(27-44)17-19-33/h2-23,35,38-39,41,43-44H,24-28H2,1H3,(H,42,45)/t35-,38+,39+,41+/m0/s1. The summed E-state index contributed by atoms with van der Waals surface area (Å²) < 4.78 is 42.1. The molecule has 1 aliphatic heterocycles. The monoisotopic (exact) mass is 722 g/mol. The van der Waals surface area contributed by atoms with E-state index < -0.39 is 28.3 Å². The van der Waals surface area contributed by atoms with Crippen molar-refractivity contribution in [1.29, 1.82) is 0 Å². The first-order valence-electron chi connectivity index (χ1n) is 16.9. The van der Waals surface area contributed by atoms with E-state index in [1.165, 1.54) is 17.0 Å². The Morgan fingerprint density at radius 2 is 1.41 bits per heavy atom. The third kappa shape index (κ3) is 10.2. The molecule has 5 aromatic rings. The van der Waals surface area contributed by atoms with Gasteiger partial charge in [0.2, 0.25) is 15.9 Å². The normalized spacial score (nSPS) is 18.2. The van der Waals surface area contributed by atoms with Gasteiger partial charge in [-0.1, -0.05) is 115 Å². The number of carbonyl (C=O) groups is 1. The Morgan fingerprint density at radius 1 is 0.784 bits per heavy atom. The van der Waals surface area contributed by atoms with Gasteiger partial charge in [-0.15, -0.1) is 11.8 Å². The fourth-order valence-electron chi connectivity index (χ4n) is 5.84. The number of aliphatic hydroxyl groups is 1. The molecule has 0 aromatic heterocycles. The molecule has 0 saturated carbocycles. The highest BCUT2D eigenvalue weighted by molar-refractivity contribution is 7.99. The first-order chi connectivity index (χ1) is 24.8. The summed E-state index contributed by atoms with van der Waals surface area (Å²) in [5.41, 5.74) is 5.34. The van der Waals surface area contributed by atoms with Crippen molar-refractivity contribution < 1.29 is 27.8 Å². The predicted octanol–water partition coefficient (Wildman–Crippen LogP) is 7.03. The van der Waals surface area contributed by atoms with Crippen LogP contribution in [0.4, 0.5) is 0 Å². The van der Waals surface area contributed by atoms with Gasteiger partial charge in [-0.2, -0.15) is 4.72 Å². The SMILES string of the molecule is Cc1ccc(S(=O)(=O)N[C@H](Cc2ccccc2)C(=O)NCc2ccc([C@@H]3O[C@H](CSc4ccccc4)C[C@H](c4ccc(CO)cc4)O3)cc2)cc1. The minimum absolute atomic E-state index is 0.0165. The van der Waals surface area contributed by atoms with Gasteiger partial charge in [0.1, 0.15) is 6.04 Å². The number of ether oxygens (including phenoxy) is 2. The second-order valence-corrected chi connectivity index (χ2v) is 15.4. The molecule has 3 N–H and O–H groups in total. The highest BCUT2D eigenvalue weighted by Gasteiger charge is 2.32. The lowest BCUT2D eigenvalue weighted by Gasteiger charge is -2.36. The Kier molecular flexibility index (Phi) is 12.4. The lowest BCUT2D eigenvalue weighted by Crippen LogP contribution is -2.47. The number of sulfonamides is 1. The molecular weight excluding hydrogens is 681 g/mol. The van der Waals surface area contributed by atoms with Crippen LogP contribution >= 0.6 is 11.8 Å². The number of rotatable bonds is 14. The van der Waals surface area contributed by atoms with Crippen molar-refractivity contribution in [3.63, 3.8) is 0 Å². The Balaban J connectivity index is 1.13. The molecular formula is C41H42N2O6S2. The van der Waals surface area contributed by atoms with E-state index in [-0.39, 0.29) is 36.7 Å². The summed E-state index contributed by atoms with van der Waals surface area (Å²) in [6, 6.07) is 40.6. The van der Waals surface area contributed by atoms with Gasteiger partial charge in [-0.25, -0.2) is 8.42 Å². The Bertz CT molecular complexity index is 1960. The maximum atomic E-state index is 13.5. The zero-order valence-corrected chi connectivity index (χ0v) is 30.0. The van der Waals surface area contributed by atoms with E-state index >= 15 is 0 Å². The summed E-state index contributed by atoms with van der Waals surface area (Å²) >= 11 is 1.75. The molecule has 5 aromatic carbocycles. The van der Waals surface area contributed by atoms with Gasteiger partial charge in [-0.05, 0) is 59.9 Å². The molecule has 0 aliphatic carbocycles. The molecule has 1 fully saturated rings. The van der Waals surface area contributed by atoms with Crippen molar-refractivity contribution in [2.24, 2.45) is 0 Å². The van der Waals surface area contributed by atoms with Crippen LogP contribution in [0.25, 0.3) is 0 Å². The number of nitrogens with one attached hydrogen (secondary N) is 2. The molecule has 264 valence electrons. The highest BCUT2D eigenvalue weighted by atomic mass is 32.2. The van der Waals surface area contributed by atoms with Crippen LogP contribution in [0, 0.1) is 6.92 Å². The van der Waals surface area contributed by atoms with Crippen LogP contribution in [-0.4, -0.2) is 37.3 Å². The van der Waals surface area contributed by atoms with E-state index in [1.807, 2.05) is 104 Å². The molecule has 0 spiro atoms. The Labute approximate surface area is 304 Å². The van der Waals surface area contributed by atoms with Crippen molar-refractivity contribution >= 4 is 27.7 Å². The van der Waals surface area contributed by atoms with Crippen LogP contribution < -0.4 is 10.0 Å². The first-order valence-corrected chi connectivity index (χ1v) is 19.4. The van der Waals surface area contributed by atoms with Gasteiger partial charge < -0.3 is 19.9 Å². The molecule has 51 heavy (non-hydrogen) atoms. The molecule has 1 aliphatic rings. The number of aliphatic hydroxyl groups excluding tert-OH is 1. The summed E-state index contributed by atoms with van der Waals surface area (Å²) in [5, 5.41) is 12.4. The van der Waals surface area contributed by atoms with Crippen LogP contribution in [0.1, 0.15) is 52.2 Å². The summed E-state index contributed by atoms with van der Waals surface area (Å²) in [6.07, 6.45) is 0.0256. The van der Waals surface area contributed by atoms with Crippen LogP contribution in [-0.2, 0) is 43.9 Å². The number of thioether (sulfide) groups is 1. The summed E-state index contributed by atoms with van der Waals surface area (Å²) in [5.74, 6) is 0.336. The van der Waals surface area contributed by atoms with Gasteiger partial charge in [0.25, 0.3) is 0 Å². The van der Waals surface area contributed by atoms with Crippen LogP contribution in [0.5, 0.6) is 0 Å². The maximum absolute atomic E-state index is 13.5.